The maximum atomic E-state index is 6.35. The predicted octanol–water partition coefficient (Wildman–Crippen LogP) is 3.88. The Kier molecular flexibility index (Phi) is 4.51. The van der Waals surface area contributed by atoms with Crippen molar-refractivity contribution in [3.8, 4) is 0 Å². The van der Waals surface area contributed by atoms with Gasteiger partial charge in [0.05, 0.1) is 11.2 Å². The molecule has 0 bridgehead atoms. The van der Waals surface area contributed by atoms with Gasteiger partial charge in [0.15, 0.2) is 0 Å². The van der Waals surface area contributed by atoms with E-state index in [2.05, 4.69) is 45.0 Å². The van der Waals surface area contributed by atoms with Crippen molar-refractivity contribution in [3.63, 3.8) is 0 Å². The van der Waals surface area contributed by atoms with Crippen molar-refractivity contribution < 1.29 is 0 Å². The maximum Gasteiger partial charge on any atom is 0.112 e. The fourth-order valence-corrected chi connectivity index (χ4v) is 2.60. The molecule has 3 heteroatoms. The van der Waals surface area contributed by atoms with Crippen LogP contribution >= 0.6 is 11.3 Å². The molecule has 0 amide bonds. The summed E-state index contributed by atoms with van der Waals surface area (Å²) in [6.45, 7) is 10.9. The van der Waals surface area contributed by atoms with Gasteiger partial charge in [-0.1, -0.05) is 27.7 Å². The zero-order chi connectivity index (χ0) is 12.3. The summed E-state index contributed by atoms with van der Waals surface area (Å²) in [6, 6.07) is 0. The average Bonchev–Trinajstić information content (AvgIpc) is 2.64. The van der Waals surface area contributed by atoms with Crippen LogP contribution in [-0.4, -0.2) is 4.98 Å². The summed E-state index contributed by atoms with van der Waals surface area (Å²) in [5.41, 5.74) is 7.25. The highest BCUT2D eigenvalue weighted by atomic mass is 32.1. The quantitative estimate of drug-likeness (QED) is 0.848. The van der Waals surface area contributed by atoms with Gasteiger partial charge in [-0.05, 0) is 31.6 Å². The normalized spacial score (nSPS) is 15.8. The molecule has 0 aliphatic rings. The molecule has 1 unspecified atom stereocenters. The molecule has 16 heavy (non-hydrogen) atoms. The lowest BCUT2D eigenvalue weighted by Crippen LogP contribution is -2.33. The molecule has 92 valence electrons. The molecule has 0 spiro atoms. The van der Waals surface area contributed by atoms with Crippen LogP contribution in [0.4, 0.5) is 0 Å². The van der Waals surface area contributed by atoms with Crippen molar-refractivity contribution in [1.82, 2.24) is 4.98 Å². The first-order chi connectivity index (χ1) is 7.33. The predicted molar refractivity (Wildman–Crippen MR) is 71.8 cm³/mol. The van der Waals surface area contributed by atoms with Gasteiger partial charge in [-0.15, -0.1) is 11.3 Å². The minimum Gasteiger partial charge on any atom is -0.320 e. The Bertz CT molecular complexity index is 326. The molecule has 2 nitrogen and oxygen atoms in total. The Hall–Kier alpha value is -0.410. The molecule has 0 aliphatic heterocycles. The van der Waals surface area contributed by atoms with Gasteiger partial charge in [0.1, 0.15) is 5.01 Å². The number of nitrogens with zero attached hydrogens (tertiary/aromatic N) is 1. The lowest BCUT2D eigenvalue weighted by molar-refractivity contribution is 0.394. The highest BCUT2D eigenvalue weighted by molar-refractivity contribution is 7.09. The van der Waals surface area contributed by atoms with E-state index in [-0.39, 0.29) is 5.54 Å². The molecule has 1 atom stereocenters. The van der Waals surface area contributed by atoms with E-state index in [9.17, 15) is 0 Å². The minimum absolute atomic E-state index is 0.262. The smallest absolute Gasteiger partial charge is 0.112 e. The van der Waals surface area contributed by atoms with E-state index in [0.29, 0.717) is 11.8 Å². The third kappa shape index (κ3) is 3.56. The highest BCUT2D eigenvalue weighted by Gasteiger charge is 2.25. The lowest BCUT2D eigenvalue weighted by Gasteiger charge is -2.23. The van der Waals surface area contributed by atoms with E-state index < -0.39 is 0 Å². The molecule has 0 saturated heterocycles. The van der Waals surface area contributed by atoms with Crippen molar-refractivity contribution in [2.24, 2.45) is 11.7 Å². The molecular weight excluding hydrogens is 216 g/mol. The van der Waals surface area contributed by atoms with Gasteiger partial charge in [0, 0.05) is 5.38 Å². The average molecular weight is 240 g/mol. The summed E-state index contributed by atoms with van der Waals surface area (Å²) in [4.78, 5) is 4.65. The first-order valence-corrected chi connectivity index (χ1v) is 6.95. The van der Waals surface area contributed by atoms with E-state index >= 15 is 0 Å². The largest absolute Gasteiger partial charge is 0.320 e. The number of rotatable bonds is 5. The zero-order valence-corrected chi connectivity index (χ0v) is 11.9. The summed E-state index contributed by atoms with van der Waals surface area (Å²) in [5.74, 6) is 1.19. The Balaban J connectivity index is 2.73. The van der Waals surface area contributed by atoms with Gasteiger partial charge in [-0.2, -0.15) is 0 Å². The van der Waals surface area contributed by atoms with Crippen molar-refractivity contribution in [3.05, 3.63) is 16.1 Å². The molecule has 0 fully saturated rings. The molecule has 1 aromatic heterocycles. The molecule has 1 rings (SSSR count). The van der Waals surface area contributed by atoms with E-state index in [1.54, 1.807) is 11.3 Å². The molecule has 0 aromatic carbocycles. The molecule has 1 heterocycles. The van der Waals surface area contributed by atoms with Crippen LogP contribution in [0.5, 0.6) is 0 Å². The van der Waals surface area contributed by atoms with Crippen LogP contribution in [0.1, 0.15) is 64.1 Å². The number of thiazole rings is 1. The summed E-state index contributed by atoms with van der Waals surface area (Å²) in [5, 5.41) is 3.22. The van der Waals surface area contributed by atoms with E-state index in [0.717, 1.165) is 17.8 Å². The third-order valence-electron chi connectivity index (χ3n) is 2.84. The standard InChI is InChI=1S/C13H24N2S/c1-9(2)6-7-13(5,14)12-15-11(8-16-12)10(3)4/h8-10H,6-7,14H2,1-5H3. The number of nitrogens with two attached hydrogens (primary N) is 1. The molecule has 2 N–H and O–H groups in total. The van der Waals surface area contributed by atoms with Crippen molar-refractivity contribution in [2.75, 3.05) is 0 Å². The fourth-order valence-electron chi connectivity index (χ4n) is 1.51. The van der Waals surface area contributed by atoms with Gasteiger partial charge < -0.3 is 5.73 Å². The Morgan fingerprint density at radius 1 is 1.38 bits per heavy atom. The summed E-state index contributed by atoms with van der Waals surface area (Å²) < 4.78 is 0. The first-order valence-electron chi connectivity index (χ1n) is 6.07. The molecule has 0 saturated carbocycles. The van der Waals surface area contributed by atoms with Crippen molar-refractivity contribution in [1.29, 1.82) is 0 Å². The zero-order valence-electron chi connectivity index (χ0n) is 11.1. The second-order valence-electron chi connectivity index (χ2n) is 5.58. The Morgan fingerprint density at radius 3 is 2.44 bits per heavy atom. The van der Waals surface area contributed by atoms with Crippen LogP contribution in [0.2, 0.25) is 0 Å². The summed E-state index contributed by atoms with van der Waals surface area (Å²) >= 11 is 1.70. The first kappa shape index (κ1) is 13.7. The molecular formula is C13H24N2S. The second-order valence-corrected chi connectivity index (χ2v) is 6.44. The second kappa shape index (κ2) is 5.28. The van der Waals surface area contributed by atoms with Gasteiger partial charge in [-0.25, -0.2) is 4.98 Å². The van der Waals surface area contributed by atoms with E-state index in [4.69, 9.17) is 5.73 Å². The summed E-state index contributed by atoms with van der Waals surface area (Å²) in [7, 11) is 0. The lowest BCUT2D eigenvalue weighted by atomic mass is 9.93. The maximum absolute atomic E-state index is 6.35. The van der Waals surface area contributed by atoms with Crippen molar-refractivity contribution in [2.45, 2.75) is 58.9 Å². The minimum atomic E-state index is -0.262. The SMILES string of the molecule is CC(C)CCC(C)(N)c1nc(C(C)C)cs1. The van der Waals surface area contributed by atoms with Crippen LogP contribution in [0.25, 0.3) is 0 Å². The third-order valence-corrected chi connectivity index (χ3v) is 3.98. The topological polar surface area (TPSA) is 38.9 Å². The van der Waals surface area contributed by atoms with Crippen LogP contribution in [0, 0.1) is 5.92 Å². The van der Waals surface area contributed by atoms with Crippen LogP contribution in [0.15, 0.2) is 5.38 Å². The summed E-state index contributed by atoms with van der Waals surface area (Å²) in [6.07, 6.45) is 2.17. The monoisotopic (exact) mass is 240 g/mol. The number of hydrogen-bond donors (Lipinski definition) is 1. The Morgan fingerprint density at radius 2 is 2.00 bits per heavy atom. The van der Waals surface area contributed by atoms with Gasteiger partial charge in [0.2, 0.25) is 0 Å². The van der Waals surface area contributed by atoms with Crippen molar-refractivity contribution >= 4 is 11.3 Å². The van der Waals surface area contributed by atoms with E-state index in [1.165, 1.54) is 5.69 Å². The Labute approximate surface area is 103 Å². The number of hydrogen-bond acceptors (Lipinski definition) is 3. The van der Waals surface area contributed by atoms with Gasteiger partial charge in [0.25, 0.3) is 0 Å². The van der Waals surface area contributed by atoms with Crippen LogP contribution in [-0.2, 0) is 5.54 Å². The molecule has 0 radical (unpaired) electrons. The van der Waals surface area contributed by atoms with E-state index in [1.807, 2.05) is 0 Å². The fraction of sp³-hybridized carbons (Fsp3) is 0.769. The van der Waals surface area contributed by atoms with Crippen LogP contribution in [0.3, 0.4) is 0 Å². The number of aromatic nitrogens is 1. The van der Waals surface area contributed by atoms with Crippen LogP contribution < -0.4 is 5.73 Å². The molecule has 1 aromatic rings. The van der Waals surface area contributed by atoms with Gasteiger partial charge >= 0.3 is 0 Å². The van der Waals surface area contributed by atoms with Gasteiger partial charge in [-0.3, -0.25) is 0 Å². The molecule has 0 aliphatic carbocycles. The highest BCUT2D eigenvalue weighted by Crippen LogP contribution is 2.29.